The predicted octanol–water partition coefficient (Wildman–Crippen LogP) is 3.96. The zero-order valence-electron chi connectivity index (χ0n) is 12.1. The van der Waals surface area contributed by atoms with Crippen LogP contribution in [0, 0.1) is 6.92 Å². The van der Waals surface area contributed by atoms with Crippen molar-refractivity contribution in [2.24, 2.45) is 0 Å². The topological polar surface area (TPSA) is 23.5 Å². The van der Waals surface area contributed by atoms with Gasteiger partial charge in [-0.3, -0.25) is 0 Å². The van der Waals surface area contributed by atoms with Crippen molar-refractivity contribution in [1.82, 2.24) is 0 Å². The number of para-hydroxylation sites is 1. The van der Waals surface area contributed by atoms with Gasteiger partial charge in [-0.15, -0.1) is 0 Å². The standard InChI is InChI=1S/C18H21NO/c1-13-7-10-18(16(11-13)12-20)19-14(2)8-9-15-5-3-4-6-17(15)19/h3-7,10-11,14,20H,8-9,12H2,1-2H3. The van der Waals surface area contributed by atoms with Crippen LogP contribution in [-0.2, 0) is 13.0 Å². The lowest BCUT2D eigenvalue weighted by molar-refractivity contribution is 0.282. The Morgan fingerprint density at radius 2 is 1.95 bits per heavy atom. The summed E-state index contributed by atoms with van der Waals surface area (Å²) in [6, 6.07) is 15.4. The number of nitrogens with zero attached hydrogens (tertiary/aromatic N) is 1. The van der Waals surface area contributed by atoms with E-state index < -0.39 is 0 Å². The molecule has 3 rings (SSSR count). The van der Waals surface area contributed by atoms with E-state index in [9.17, 15) is 5.11 Å². The molecule has 0 spiro atoms. The Balaban J connectivity index is 2.14. The van der Waals surface area contributed by atoms with Crippen molar-refractivity contribution in [1.29, 1.82) is 0 Å². The molecule has 104 valence electrons. The minimum atomic E-state index is 0.0857. The van der Waals surface area contributed by atoms with Crippen molar-refractivity contribution in [2.45, 2.75) is 39.3 Å². The van der Waals surface area contributed by atoms with E-state index in [0.29, 0.717) is 6.04 Å². The number of hydrogen-bond acceptors (Lipinski definition) is 2. The number of hydrogen-bond donors (Lipinski definition) is 1. The second-order valence-corrected chi connectivity index (χ2v) is 5.68. The maximum absolute atomic E-state index is 9.68. The minimum Gasteiger partial charge on any atom is -0.392 e. The quantitative estimate of drug-likeness (QED) is 0.890. The van der Waals surface area contributed by atoms with Gasteiger partial charge in [-0.1, -0.05) is 35.9 Å². The highest BCUT2D eigenvalue weighted by Crippen LogP contribution is 2.38. The Morgan fingerprint density at radius 3 is 2.75 bits per heavy atom. The third-order valence-corrected chi connectivity index (χ3v) is 4.19. The van der Waals surface area contributed by atoms with E-state index in [1.165, 1.54) is 16.8 Å². The Kier molecular flexibility index (Phi) is 3.49. The summed E-state index contributed by atoms with van der Waals surface area (Å²) in [5, 5.41) is 9.68. The average Bonchev–Trinajstić information content (AvgIpc) is 2.48. The van der Waals surface area contributed by atoms with Gasteiger partial charge in [0, 0.05) is 23.0 Å². The van der Waals surface area contributed by atoms with E-state index in [2.05, 4.69) is 61.2 Å². The number of aliphatic hydroxyl groups excluding tert-OH is 1. The molecule has 0 saturated carbocycles. The monoisotopic (exact) mass is 267 g/mol. The molecule has 1 aliphatic heterocycles. The number of aryl methyl sites for hydroxylation is 2. The summed E-state index contributed by atoms with van der Waals surface area (Å²) in [7, 11) is 0. The van der Waals surface area contributed by atoms with Gasteiger partial charge in [-0.05, 0) is 44.4 Å². The van der Waals surface area contributed by atoms with Crippen molar-refractivity contribution < 1.29 is 5.11 Å². The second-order valence-electron chi connectivity index (χ2n) is 5.68. The molecule has 2 nitrogen and oxygen atoms in total. The molecule has 0 fully saturated rings. The van der Waals surface area contributed by atoms with E-state index >= 15 is 0 Å². The first-order valence-electron chi connectivity index (χ1n) is 7.28. The molecular weight excluding hydrogens is 246 g/mol. The predicted molar refractivity (Wildman–Crippen MR) is 83.5 cm³/mol. The second kappa shape index (κ2) is 5.29. The molecule has 1 aliphatic rings. The summed E-state index contributed by atoms with van der Waals surface area (Å²) in [6.07, 6.45) is 2.28. The van der Waals surface area contributed by atoms with Gasteiger partial charge in [0.2, 0.25) is 0 Å². The van der Waals surface area contributed by atoms with Gasteiger partial charge in [0.1, 0.15) is 0 Å². The first-order chi connectivity index (χ1) is 9.70. The zero-order chi connectivity index (χ0) is 14.1. The summed E-state index contributed by atoms with van der Waals surface area (Å²) < 4.78 is 0. The number of anilines is 2. The van der Waals surface area contributed by atoms with Crippen LogP contribution >= 0.6 is 0 Å². The van der Waals surface area contributed by atoms with Crippen molar-refractivity contribution in [2.75, 3.05) is 4.90 Å². The van der Waals surface area contributed by atoms with Crippen LogP contribution in [0.2, 0.25) is 0 Å². The smallest absolute Gasteiger partial charge is 0.0702 e. The van der Waals surface area contributed by atoms with Crippen LogP contribution in [0.15, 0.2) is 42.5 Å². The molecule has 0 saturated heterocycles. The average molecular weight is 267 g/mol. The van der Waals surface area contributed by atoms with Gasteiger partial charge in [-0.2, -0.15) is 0 Å². The van der Waals surface area contributed by atoms with E-state index in [1.807, 2.05) is 0 Å². The highest BCUT2D eigenvalue weighted by Gasteiger charge is 2.25. The lowest BCUT2D eigenvalue weighted by Crippen LogP contribution is -2.33. The summed E-state index contributed by atoms with van der Waals surface area (Å²) in [6.45, 7) is 4.41. The molecule has 1 heterocycles. The van der Waals surface area contributed by atoms with Gasteiger partial charge in [0.05, 0.1) is 6.61 Å². The molecule has 2 aromatic carbocycles. The molecule has 0 amide bonds. The Labute approximate surface area is 120 Å². The largest absolute Gasteiger partial charge is 0.392 e. The lowest BCUT2D eigenvalue weighted by atomic mass is 9.95. The molecule has 1 N–H and O–H groups in total. The molecule has 2 aromatic rings. The zero-order valence-corrected chi connectivity index (χ0v) is 12.1. The van der Waals surface area contributed by atoms with Gasteiger partial charge < -0.3 is 10.0 Å². The van der Waals surface area contributed by atoms with E-state index in [1.54, 1.807) is 0 Å². The van der Waals surface area contributed by atoms with Crippen LogP contribution in [0.3, 0.4) is 0 Å². The van der Waals surface area contributed by atoms with E-state index in [4.69, 9.17) is 0 Å². The fourth-order valence-corrected chi connectivity index (χ4v) is 3.13. The van der Waals surface area contributed by atoms with Gasteiger partial charge >= 0.3 is 0 Å². The van der Waals surface area contributed by atoms with Crippen LogP contribution in [0.1, 0.15) is 30.0 Å². The Hall–Kier alpha value is -1.80. The van der Waals surface area contributed by atoms with E-state index in [0.717, 1.165) is 24.1 Å². The summed E-state index contributed by atoms with van der Waals surface area (Å²) in [4.78, 5) is 2.38. The van der Waals surface area contributed by atoms with Crippen molar-refractivity contribution in [3.63, 3.8) is 0 Å². The summed E-state index contributed by atoms with van der Waals surface area (Å²) in [5.74, 6) is 0. The molecule has 2 heteroatoms. The first kappa shape index (κ1) is 13.2. The SMILES string of the molecule is Cc1ccc(N2c3ccccc3CCC2C)c(CO)c1. The normalized spacial score (nSPS) is 17.9. The van der Waals surface area contributed by atoms with Crippen molar-refractivity contribution >= 4 is 11.4 Å². The molecule has 0 aromatic heterocycles. The number of aliphatic hydroxyl groups is 1. The highest BCUT2D eigenvalue weighted by molar-refractivity contribution is 5.71. The molecule has 0 aliphatic carbocycles. The van der Waals surface area contributed by atoms with E-state index in [-0.39, 0.29) is 6.61 Å². The van der Waals surface area contributed by atoms with Crippen LogP contribution in [0.4, 0.5) is 11.4 Å². The fourth-order valence-electron chi connectivity index (χ4n) is 3.13. The molecule has 20 heavy (non-hydrogen) atoms. The van der Waals surface area contributed by atoms with Crippen LogP contribution < -0.4 is 4.90 Å². The minimum absolute atomic E-state index is 0.0857. The molecule has 1 atom stereocenters. The van der Waals surface area contributed by atoms with Gasteiger partial charge in [-0.25, -0.2) is 0 Å². The third kappa shape index (κ3) is 2.20. The summed E-state index contributed by atoms with van der Waals surface area (Å²) in [5.41, 5.74) is 6.02. The number of benzene rings is 2. The Morgan fingerprint density at radius 1 is 1.15 bits per heavy atom. The first-order valence-corrected chi connectivity index (χ1v) is 7.28. The fraction of sp³-hybridized carbons (Fsp3) is 0.333. The Bertz CT molecular complexity index is 621. The van der Waals surface area contributed by atoms with Gasteiger partial charge in [0.25, 0.3) is 0 Å². The maximum Gasteiger partial charge on any atom is 0.0702 e. The summed E-state index contributed by atoms with van der Waals surface area (Å²) >= 11 is 0. The third-order valence-electron chi connectivity index (χ3n) is 4.19. The molecule has 0 radical (unpaired) electrons. The van der Waals surface area contributed by atoms with Crippen molar-refractivity contribution in [3.05, 3.63) is 59.2 Å². The molecular formula is C18H21NO. The molecule has 1 unspecified atom stereocenters. The van der Waals surface area contributed by atoms with Crippen molar-refractivity contribution in [3.8, 4) is 0 Å². The number of rotatable bonds is 2. The van der Waals surface area contributed by atoms with Crippen LogP contribution in [0.5, 0.6) is 0 Å². The number of fused-ring (bicyclic) bond motifs is 1. The van der Waals surface area contributed by atoms with Gasteiger partial charge in [0.15, 0.2) is 0 Å². The maximum atomic E-state index is 9.68. The molecule has 0 bridgehead atoms. The lowest BCUT2D eigenvalue weighted by Gasteiger charge is -2.38. The van der Waals surface area contributed by atoms with Crippen LogP contribution in [-0.4, -0.2) is 11.1 Å². The highest BCUT2D eigenvalue weighted by atomic mass is 16.3. The van der Waals surface area contributed by atoms with Crippen LogP contribution in [0.25, 0.3) is 0 Å².